The number of ether oxygens (including phenoxy) is 2. The standard InChI is InChI=1S/C18H19BrN2O4/c19-14-11-17-16(24-8-9-25-17)10-13(14)12-20-3-5-21(6-4-20)18(22)15-2-1-7-23-15/h1-2,7,10-11H,3-6,8-9,12H2. The lowest BCUT2D eigenvalue weighted by Gasteiger charge is -2.34. The number of halogens is 1. The molecule has 0 bridgehead atoms. The van der Waals surface area contributed by atoms with Crippen LogP contribution in [0.5, 0.6) is 11.5 Å². The third-order valence-corrected chi connectivity index (χ3v) is 5.23. The maximum Gasteiger partial charge on any atom is 0.289 e. The predicted molar refractivity (Wildman–Crippen MR) is 95.0 cm³/mol. The SMILES string of the molecule is O=C(c1ccco1)N1CCN(Cc2cc3c(cc2Br)OCCO3)CC1. The monoisotopic (exact) mass is 406 g/mol. The summed E-state index contributed by atoms with van der Waals surface area (Å²) in [6.07, 6.45) is 1.53. The van der Waals surface area contributed by atoms with Gasteiger partial charge in [0.15, 0.2) is 17.3 Å². The fraction of sp³-hybridized carbons (Fsp3) is 0.389. The van der Waals surface area contributed by atoms with Crippen LogP contribution in [0.2, 0.25) is 0 Å². The maximum atomic E-state index is 12.3. The van der Waals surface area contributed by atoms with Crippen LogP contribution in [-0.4, -0.2) is 55.1 Å². The highest BCUT2D eigenvalue weighted by atomic mass is 79.9. The summed E-state index contributed by atoms with van der Waals surface area (Å²) in [5.41, 5.74) is 1.16. The number of nitrogens with zero attached hydrogens (tertiary/aromatic N) is 2. The van der Waals surface area contributed by atoms with E-state index >= 15 is 0 Å². The summed E-state index contributed by atoms with van der Waals surface area (Å²) < 4.78 is 17.5. The van der Waals surface area contributed by atoms with E-state index in [9.17, 15) is 4.79 Å². The molecule has 7 heteroatoms. The van der Waals surface area contributed by atoms with Crippen LogP contribution in [0.3, 0.4) is 0 Å². The molecule has 2 aromatic rings. The van der Waals surface area contributed by atoms with Crippen molar-refractivity contribution in [2.24, 2.45) is 0 Å². The average molecular weight is 407 g/mol. The van der Waals surface area contributed by atoms with E-state index in [-0.39, 0.29) is 5.91 Å². The molecule has 0 radical (unpaired) electrons. The molecule has 1 amide bonds. The number of hydrogen-bond donors (Lipinski definition) is 0. The second-order valence-electron chi connectivity index (χ2n) is 6.13. The highest BCUT2D eigenvalue weighted by Gasteiger charge is 2.24. The Morgan fingerprint density at radius 3 is 2.48 bits per heavy atom. The lowest BCUT2D eigenvalue weighted by Crippen LogP contribution is -2.48. The molecular formula is C18H19BrN2O4. The van der Waals surface area contributed by atoms with Gasteiger partial charge in [-0.2, -0.15) is 0 Å². The van der Waals surface area contributed by atoms with E-state index in [2.05, 4.69) is 20.8 Å². The Hall–Kier alpha value is -1.99. The molecule has 0 saturated carbocycles. The number of rotatable bonds is 3. The van der Waals surface area contributed by atoms with Crippen molar-refractivity contribution in [3.05, 3.63) is 46.3 Å². The van der Waals surface area contributed by atoms with Crippen molar-refractivity contribution in [3.63, 3.8) is 0 Å². The van der Waals surface area contributed by atoms with Crippen molar-refractivity contribution < 1.29 is 18.7 Å². The molecule has 132 valence electrons. The van der Waals surface area contributed by atoms with Crippen molar-refractivity contribution in [1.29, 1.82) is 0 Å². The van der Waals surface area contributed by atoms with Crippen molar-refractivity contribution in [3.8, 4) is 11.5 Å². The van der Waals surface area contributed by atoms with E-state index in [1.165, 1.54) is 6.26 Å². The lowest BCUT2D eigenvalue weighted by molar-refractivity contribution is 0.0597. The zero-order chi connectivity index (χ0) is 17.2. The summed E-state index contributed by atoms with van der Waals surface area (Å²) >= 11 is 3.62. The van der Waals surface area contributed by atoms with Gasteiger partial charge >= 0.3 is 0 Å². The molecule has 2 aliphatic heterocycles. The minimum absolute atomic E-state index is 0.0369. The smallest absolute Gasteiger partial charge is 0.289 e. The van der Waals surface area contributed by atoms with Crippen molar-refractivity contribution >= 4 is 21.8 Å². The number of hydrogen-bond acceptors (Lipinski definition) is 5. The Kier molecular flexibility index (Phi) is 4.67. The van der Waals surface area contributed by atoms with E-state index in [0.29, 0.717) is 32.1 Å². The first-order valence-corrected chi connectivity index (χ1v) is 9.13. The van der Waals surface area contributed by atoms with Crippen LogP contribution in [-0.2, 0) is 6.54 Å². The van der Waals surface area contributed by atoms with Gasteiger partial charge in [-0.25, -0.2) is 0 Å². The number of benzene rings is 1. The van der Waals surface area contributed by atoms with E-state index in [0.717, 1.165) is 41.2 Å². The van der Waals surface area contributed by atoms with E-state index in [1.807, 2.05) is 17.0 Å². The van der Waals surface area contributed by atoms with Gasteiger partial charge in [-0.05, 0) is 29.8 Å². The summed E-state index contributed by atoms with van der Waals surface area (Å²) in [6.45, 7) is 5.02. The Bertz CT molecular complexity index is 755. The number of fused-ring (bicyclic) bond motifs is 1. The molecule has 25 heavy (non-hydrogen) atoms. The Labute approximate surface area is 154 Å². The first-order chi connectivity index (χ1) is 12.2. The van der Waals surface area contributed by atoms with Gasteiger partial charge in [-0.1, -0.05) is 15.9 Å². The Balaban J connectivity index is 1.38. The minimum Gasteiger partial charge on any atom is -0.486 e. The second kappa shape index (κ2) is 7.09. The summed E-state index contributed by atoms with van der Waals surface area (Å²) in [7, 11) is 0. The van der Waals surface area contributed by atoms with E-state index in [4.69, 9.17) is 13.9 Å². The van der Waals surface area contributed by atoms with Crippen LogP contribution >= 0.6 is 15.9 Å². The molecule has 0 unspecified atom stereocenters. The van der Waals surface area contributed by atoms with E-state index in [1.54, 1.807) is 12.1 Å². The van der Waals surface area contributed by atoms with Crippen LogP contribution in [0.1, 0.15) is 16.1 Å². The van der Waals surface area contributed by atoms with Crippen molar-refractivity contribution in [2.45, 2.75) is 6.54 Å². The molecule has 4 rings (SSSR count). The molecule has 1 aromatic heterocycles. The molecule has 1 aromatic carbocycles. The number of carbonyl (C=O) groups is 1. The van der Waals surface area contributed by atoms with Gasteiger partial charge in [0.2, 0.25) is 0 Å². The Morgan fingerprint density at radius 1 is 1.08 bits per heavy atom. The normalized spacial score (nSPS) is 17.6. The van der Waals surface area contributed by atoms with Gasteiger partial charge < -0.3 is 18.8 Å². The fourth-order valence-electron chi connectivity index (χ4n) is 3.13. The van der Waals surface area contributed by atoms with Crippen molar-refractivity contribution in [2.75, 3.05) is 39.4 Å². The molecule has 1 fully saturated rings. The van der Waals surface area contributed by atoms with Gasteiger partial charge in [-0.15, -0.1) is 0 Å². The third-order valence-electron chi connectivity index (χ3n) is 4.50. The minimum atomic E-state index is -0.0369. The number of furan rings is 1. The first kappa shape index (κ1) is 16.5. The van der Waals surface area contributed by atoms with Crippen LogP contribution < -0.4 is 9.47 Å². The maximum absolute atomic E-state index is 12.3. The number of piperazine rings is 1. The average Bonchev–Trinajstić information content (AvgIpc) is 3.17. The van der Waals surface area contributed by atoms with Crippen molar-refractivity contribution in [1.82, 2.24) is 9.80 Å². The lowest BCUT2D eigenvalue weighted by atomic mass is 10.1. The topological polar surface area (TPSA) is 55.2 Å². The zero-order valence-electron chi connectivity index (χ0n) is 13.7. The quantitative estimate of drug-likeness (QED) is 0.784. The molecule has 0 atom stereocenters. The second-order valence-corrected chi connectivity index (χ2v) is 6.99. The fourth-order valence-corrected chi connectivity index (χ4v) is 3.58. The molecular weight excluding hydrogens is 388 g/mol. The van der Waals surface area contributed by atoms with Crippen LogP contribution in [0.15, 0.2) is 39.4 Å². The van der Waals surface area contributed by atoms with Gasteiger partial charge in [-0.3, -0.25) is 9.69 Å². The molecule has 1 saturated heterocycles. The largest absolute Gasteiger partial charge is 0.486 e. The summed E-state index contributed by atoms with van der Waals surface area (Å²) in [5, 5.41) is 0. The van der Waals surface area contributed by atoms with E-state index < -0.39 is 0 Å². The molecule has 3 heterocycles. The number of amides is 1. The van der Waals surface area contributed by atoms with Gasteiger partial charge in [0.1, 0.15) is 13.2 Å². The van der Waals surface area contributed by atoms with Gasteiger partial charge in [0, 0.05) is 37.2 Å². The predicted octanol–water partition coefficient (Wildman–Crippen LogP) is 2.77. The molecule has 6 nitrogen and oxygen atoms in total. The first-order valence-electron chi connectivity index (χ1n) is 8.34. The molecule has 0 aliphatic carbocycles. The summed E-state index contributed by atoms with van der Waals surface area (Å²) in [5.74, 6) is 1.96. The van der Waals surface area contributed by atoms with Gasteiger partial charge in [0.25, 0.3) is 5.91 Å². The van der Waals surface area contributed by atoms with Crippen LogP contribution in [0, 0.1) is 0 Å². The van der Waals surface area contributed by atoms with Gasteiger partial charge in [0.05, 0.1) is 6.26 Å². The zero-order valence-corrected chi connectivity index (χ0v) is 15.3. The molecule has 2 aliphatic rings. The molecule has 0 N–H and O–H groups in total. The van der Waals surface area contributed by atoms with Crippen LogP contribution in [0.4, 0.5) is 0 Å². The highest BCUT2D eigenvalue weighted by Crippen LogP contribution is 2.36. The molecule has 0 spiro atoms. The summed E-state index contributed by atoms with van der Waals surface area (Å²) in [6, 6.07) is 7.46. The van der Waals surface area contributed by atoms with Crippen LogP contribution in [0.25, 0.3) is 0 Å². The Morgan fingerprint density at radius 2 is 1.80 bits per heavy atom. The third kappa shape index (κ3) is 3.52. The summed E-state index contributed by atoms with van der Waals surface area (Å²) in [4.78, 5) is 16.5. The number of carbonyl (C=O) groups excluding carboxylic acids is 1. The highest BCUT2D eigenvalue weighted by molar-refractivity contribution is 9.10.